The van der Waals surface area contributed by atoms with Gasteiger partial charge in [0, 0.05) is 25.7 Å². The molecular formula is C13H28N2O. The Hall–Kier alpha value is -0.120. The summed E-state index contributed by atoms with van der Waals surface area (Å²) in [7, 11) is 1.78. The number of piperidine rings is 1. The first-order chi connectivity index (χ1) is 7.77. The van der Waals surface area contributed by atoms with Crippen molar-refractivity contribution in [3.8, 4) is 0 Å². The second-order valence-corrected chi connectivity index (χ2v) is 4.91. The molecule has 0 radical (unpaired) electrons. The van der Waals surface area contributed by atoms with Gasteiger partial charge in [0.15, 0.2) is 0 Å². The van der Waals surface area contributed by atoms with Crippen molar-refractivity contribution in [2.45, 2.75) is 51.6 Å². The number of hydrogen-bond acceptors (Lipinski definition) is 3. The monoisotopic (exact) mass is 228 g/mol. The van der Waals surface area contributed by atoms with E-state index in [1.54, 1.807) is 7.11 Å². The lowest BCUT2D eigenvalue weighted by molar-refractivity contribution is 0.142. The van der Waals surface area contributed by atoms with Crippen LogP contribution in [-0.4, -0.2) is 50.3 Å². The number of methoxy groups -OCH3 is 1. The molecule has 1 heterocycles. The molecule has 0 aromatic heterocycles. The Labute approximate surface area is 101 Å². The number of likely N-dealkylation sites (tertiary alicyclic amines) is 1. The van der Waals surface area contributed by atoms with Crippen LogP contribution in [0.15, 0.2) is 0 Å². The summed E-state index contributed by atoms with van der Waals surface area (Å²) in [6.07, 6.45) is 5.30. The van der Waals surface area contributed by atoms with Gasteiger partial charge in [-0.05, 0) is 39.3 Å². The van der Waals surface area contributed by atoms with E-state index in [0.717, 1.165) is 19.6 Å². The van der Waals surface area contributed by atoms with Crippen LogP contribution >= 0.6 is 0 Å². The van der Waals surface area contributed by atoms with Crippen LogP contribution < -0.4 is 5.32 Å². The van der Waals surface area contributed by atoms with Crippen LogP contribution in [0.4, 0.5) is 0 Å². The lowest BCUT2D eigenvalue weighted by atomic mass is 10.1. The molecule has 0 aromatic carbocycles. The van der Waals surface area contributed by atoms with Crippen LogP contribution in [0.5, 0.6) is 0 Å². The summed E-state index contributed by atoms with van der Waals surface area (Å²) in [5, 5.41) is 3.60. The Morgan fingerprint density at radius 3 is 2.50 bits per heavy atom. The first-order valence-electron chi connectivity index (χ1n) is 6.74. The highest BCUT2D eigenvalue weighted by Crippen LogP contribution is 2.11. The predicted molar refractivity (Wildman–Crippen MR) is 68.8 cm³/mol. The molecule has 3 nitrogen and oxygen atoms in total. The van der Waals surface area contributed by atoms with E-state index in [0.29, 0.717) is 12.1 Å². The Morgan fingerprint density at radius 2 is 1.94 bits per heavy atom. The minimum atomic E-state index is 0.511. The Bertz CT molecular complexity index is 169. The van der Waals surface area contributed by atoms with Crippen LogP contribution in [0.1, 0.15) is 39.5 Å². The lowest BCUT2D eigenvalue weighted by Crippen LogP contribution is -2.46. The second kappa shape index (κ2) is 8.04. The molecule has 3 heteroatoms. The largest absolute Gasteiger partial charge is 0.383 e. The highest BCUT2D eigenvalue weighted by Gasteiger charge is 2.17. The Kier molecular flexibility index (Phi) is 7.01. The van der Waals surface area contributed by atoms with Gasteiger partial charge in [-0.25, -0.2) is 0 Å². The molecule has 1 aliphatic rings. The summed E-state index contributed by atoms with van der Waals surface area (Å²) in [6, 6.07) is 1.17. The molecule has 2 atom stereocenters. The summed E-state index contributed by atoms with van der Waals surface area (Å²) in [4.78, 5) is 2.61. The fraction of sp³-hybridized carbons (Fsp3) is 1.00. The van der Waals surface area contributed by atoms with Gasteiger partial charge in [-0.3, -0.25) is 4.90 Å². The highest BCUT2D eigenvalue weighted by molar-refractivity contribution is 4.75. The van der Waals surface area contributed by atoms with E-state index in [2.05, 4.69) is 24.1 Å². The minimum Gasteiger partial charge on any atom is -0.383 e. The highest BCUT2D eigenvalue weighted by atomic mass is 16.5. The van der Waals surface area contributed by atoms with Gasteiger partial charge in [0.25, 0.3) is 0 Å². The molecule has 16 heavy (non-hydrogen) atoms. The van der Waals surface area contributed by atoms with Gasteiger partial charge in [0.05, 0.1) is 6.61 Å². The van der Waals surface area contributed by atoms with E-state index in [-0.39, 0.29) is 0 Å². The van der Waals surface area contributed by atoms with Crippen molar-refractivity contribution >= 4 is 0 Å². The van der Waals surface area contributed by atoms with Crippen molar-refractivity contribution in [2.75, 3.05) is 33.4 Å². The van der Waals surface area contributed by atoms with Gasteiger partial charge in [0.2, 0.25) is 0 Å². The van der Waals surface area contributed by atoms with Gasteiger partial charge < -0.3 is 10.1 Å². The zero-order chi connectivity index (χ0) is 11.8. The predicted octanol–water partition coefficient (Wildman–Crippen LogP) is 1.88. The smallest absolute Gasteiger partial charge is 0.0615 e. The van der Waals surface area contributed by atoms with Crippen LogP contribution in [0.2, 0.25) is 0 Å². The maximum atomic E-state index is 5.20. The molecule has 1 N–H and O–H groups in total. The third-order valence-corrected chi connectivity index (χ3v) is 3.58. The lowest BCUT2D eigenvalue weighted by Gasteiger charge is -2.33. The minimum absolute atomic E-state index is 0.511. The van der Waals surface area contributed by atoms with Gasteiger partial charge in [0.1, 0.15) is 0 Å². The van der Waals surface area contributed by atoms with Crippen LogP contribution in [0.3, 0.4) is 0 Å². The van der Waals surface area contributed by atoms with Gasteiger partial charge in [-0.15, -0.1) is 0 Å². The van der Waals surface area contributed by atoms with E-state index < -0.39 is 0 Å². The van der Waals surface area contributed by atoms with Gasteiger partial charge in [-0.2, -0.15) is 0 Å². The number of rotatable bonds is 7. The Balaban J connectivity index is 2.19. The van der Waals surface area contributed by atoms with Crippen molar-refractivity contribution in [1.82, 2.24) is 10.2 Å². The van der Waals surface area contributed by atoms with E-state index >= 15 is 0 Å². The molecule has 1 rings (SSSR count). The number of nitrogens with one attached hydrogen (secondary N) is 1. The van der Waals surface area contributed by atoms with Crippen LogP contribution in [-0.2, 0) is 4.74 Å². The average molecular weight is 228 g/mol. The molecule has 1 saturated heterocycles. The Morgan fingerprint density at radius 1 is 1.25 bits per heavy atom. The normalized spacial score (nSPS) is 21.9. The number of ether oxygens (including phenoxy) is 1. The molecule has 1 fully saturated rings. The molecular weight excluding hydrogens is 200 g/mol. The van der Waals surface area contributed by atoms with Crippen molar-refractivity contribution in [3.63, 3.8) is 0 Å². The second-order valence-electron chi connectivity index (χ2n) is 4.91. The summed E-state index contributed by atoms with van der Waals surface area (Å²) in [5.74, 6) is 0. The van der Waals surface area contributed by atoms with E-state index in [9.17, 15) is 0 Å². The molecule has 0 amide bonds. The molecule has 2 unspecified atom stereocenters. The summed E-state index contributed by atoms with van der Waals surface area (Å²) >= 11 is 0. The maximum Gasteiger partial charge on any atom is 0.0615 e. The molecule has 0 aromatic rings. The fourth-order valence-corrected chi connectivity index (χ4v) is 2.35. The summed E-state index contributed by atoms with van der Waals surface area (Å²) in [6.45, 7) is 9.01. The SMILES string of the molecule is CCC(COC)NCC(C)N1CCCCC1. The van der Waals surface area contributed by atoms with Gasteiger partial charge >= 0.3 is 0 Å². The molecule has 96 valence electrons. The number of hydrogen-bond donors (Lipinski definition) is 1. The molecule has 0 bridgehead atoms. The summed E-state index contributed by atoms with van der Waals surface area (Å²) < 4.78 is 5.20. The fourth-order valence-electron chi connectivity index (χ4n) is 2.35. The topological polar surface area (TPSA) is 24.5 Å². The van der Waals surface area contributed by atoms with Crippen molar-refractivity contribution < 1.29 is 4.74 Å². The van der Waals surface area contributed by atoms with E-state index in [1.807, 2.05) is 0 Å². The average Bonchev–Trinajstić information content (AvgIpc) is 2.35. The third-order valence-electron chi connectivity index (χ3n) is 3.58. The van der Waals surface area contributed by atoms with Gasteiger partial charge in [-0.1, -0.05) is 13.3 Å². The van der Waals surface area contributed by atoms with Crippen LogP contribution in [0.25, 0.3) is 0 Å². The molecule has 0 saturated carbocycles. The van der Waals surface area contributed by atoms with Crippen molar-refractivity contribution in [3.05, 3.63) is 0 Å². The van der Waals surface area contributed by atoms with Crippen molar-refractivity contribution in [1.29, 1.82) is 0 Å². The number of nitrogens with zero attached hydrogens (tertiary/aromatic N) is 1. The van der Waals surface area contributed by atoms with E-state index in [1.165, 1.54) is 32.4 Å². The quantitative estimate of drug-likeness (QED) is 0.720. The molecule has 1 aliphatic heterocycles. The van der Waals surface area contributed by atoms with Crippen LogP contribution in [0, 0.1) is 0 Å². The summed E-state index contributed by atoms with van der Waals surface area (Å²) in [5.41, 5.74) is 0. The molecule has 0 spiro atoms. The molecule has 0 aliphatic carbocycles. The van der Waals surface area contributed by atoms with Crippen molar-refractivity contribution in [2.24, 2.45) is 0 Å². The maximum absolute atomic E-state index is 5.20. The first kappa shape index (κ1) is 13.9. The zero-order valence-electron chi connectivity index (χ0n) is 11.2. The van der Waals surface area contributed by atoms with E-state index in [4.69, 9.17) is 4.74 Å². The zero-order valence-corrected chi connectivity index (χ0v) is 11.2. The third kappa shape index (κ3) is 4.81. The standard InChI is InChI=1S/C13H28N2O/c1-4-13(11-16-3)14-10-12(2)15-8-6-5-7-9-15/h12-14H,4-11H2,1-3H3. The first-order valence-corrected chi connectivity index (χ1v) is 6.74.